The van der Waals surface area contributed by atoms with E-state index in [1.807, 2.05) is 32.0 Å². The minimum Gasteiger partial charge on any atom is -0.435 e. The second-order valence-electron chi connectivity index (χ2n) is 4.82. The number of anilines is 1. The molecule has 0 unspecified atom stereocenters. The monoisotopic (exact) mass is 305 g/mol. The van der Waals surface area contributed by atoms with Gasteiger partial charge in [0.05, 0.1) is 0 Å². The molecule has 5 heteroatoms. The predicted octanol–water partition coefficient (Wildman–Crippen LogP) is 4.41. The molecule has 0 aliphatic heterocycles. The fraction of sp³-hybridized carbons (Fsp3) is 0.235. The number of halogens is 2. The number of aryl methyl sites for hydroxylation is 2. The van der Waals surface area contributed by atoms with E-state index in [2.05, 4.69) is 10.1 Å². The van der Waals surface area contributed by atoms with E-state index in [1.54, 1.807) is 6.07 Å². The van der Waals surface area contributed by atoms with Crippen LogP contribution in [-0.4, -0.2) is 12.5 Å². The minimum atomic E-state index is -2.92. The Morgan fingerprint density at radius 1 is 1.23 bits per heavy atom. The van der Waals surface area contributed by atoms with E-state index in [0.29, 0.717) is 0 Å². The van der Waals surface area contributed by atoms with Gasteiger partial charge >= 0.3 is 6.61 Å². The molecule has 22 heavy (non-hydrogen) atoms. The normalized spacial score (nSPS) is 10.6. The van der Waals surface area contributed by atoms with Crippen LogP contribution in [0.4, 0.5) is 14.5 Å². The Balaban J connectivity index is 2.23. The van der Waals surface area contributed by atoms with Crippen LogP contribution in [-0.2, 0) is 6.42 Å². The summed E-state index contributed by atoms with van der Waals surface area (Å²) < 4.78 is 28.8. The summed E-state index contributed by atoms with van der Waals surface area (Å²) in [7, 11) is 0. The number of nitrogens with one attached hydrogen (secondary N) is 1. The lowest BCUT2D eigenvalue weighted by molar-refractivity contribution is -0.0498. The molecular weight excluding hydrogens is 288 g/mol. The largest absolute Gasteiger partial charge is 0.435 e. The topological polar surface area (TPSA) is 38.3 Å². The molecule has 1 amide bonds. The third-order valence-corrected chi connectivity index (χ3v) is 3.30. The van der Waals surface area contributed by atoms with Gasteiger partial charge in [-0.05, 0) is 42.7 Å². The maximum atomic E-state index is 12.3. The first-order chi connectivity index (χ1) is 10.5. The molecule has 2 rings (SSSR count). The average Bonchev–Trinajstić information content (AvgIpc) is 2.48. The Kier molecular flexibility index (Phi) is 5.09. The van der Waals surface area contributed by atoms with Crippen LogP contribution in [0, 0.1) is 6.92 Å². The Labute approximate surface area is 127 Å². The smallest absolute Gasteiger partial charge is 0.387 e. The molecule has 2 aromatic carbocycles. The van der Waals surface area contributed by atoms with Crippen molar-refractivity contribution >= 4 is 11.6 Å². The summed E-state index contributed by atoms with van der Waals surface area (Å²) in [4.78, 5) is 12.3. The molecule has 0 spiro atoms. The van der Waals surface area contributed by atoms with Crippen molar-refractivity contribution in [3.05, 3.63) is 59.2 Å². The average molecular weight is 305 g/mol. The first-order valence-corrected chi connectivity index (χ1v) is 6.96. The number of ether oxygens (including phenoxy) is 1. The van der Waals surface area contributed by atoms with Gasteiger partial charge in [0, 0.05) is 11.3 Å². The van der Waals surface area contributed by atoms with Crippen LogP contribution in [0.15, 0.2) is 42.5 Å². The van der Waals surface area contributed by atoms with E-state index in [0.717, 1.165) is 23.2 Å². The Morgan fingerprint density at radius 2 is 1.95 bits per heavy atom. The summed E-state index contributed by atoms with van der Waals surface area (Å²) in [5.41, 5.74) is 3.00. The molecule has 0 saturated heterocycles. The molecule has 1 N–H and O–H groups in total. The molecule has 0 fully saturated rings. The number of amides is 1. The van der Waals surface area contributed by atoms with Crippen LogP contribution in [0.5, 0.6) is 5.75 Å². The van der Waals surface area contributed by atoms with Crippen molar-refractivity contribution in [2.24, 2.45) is 0 Å². The first-order valence-electron chi connectivity index (χ1n) is 6.96. The third kappa shape index (κ3) is 3.81. The maximum absolute atomic E-state index is 12.3. The van der Waals surface area contributed by atoms with Crippen molar-refractivity contribution in [2.45, 2.75) is 26.9 Å². The van der Waals surface area contributed by atoms with E-state index in [9.17, 15) is 13.6 Å². The van der Waals surface area contributed by atoms with Crippen molar-refractivity contribution < 1.29 is 18.3 Å². The number of para-hydroxylation sites is 1. The number of rotatable bonds is 5. The molecule has 0 aliphatic carbocycles. The summed E-state index contributed by atoms with van der Waals surface area (Å²) in [6.07, 6.45) is 0.784. The molecule has 0 aliphatic rings. The number of carbonyl (C=O) groups excluding carboxylic acids is 1. The standard InChI is InChI=1S/C17H17F2NO2/c1-3-12-7-4-6-11(2)15(12)20-16(21)13-8-5-9-14(10-13)22-17(18)19/h4-10,17H,3H2,1-2H3,(H,20,21). The molecule has 0 heterocycles. The van der Waals surface area contributed by atoms with Gasteiger partial charge in [-0.15, -0.1) is 0 Å². The van der Waals surface area contributed by atoms with Gasteiger partial charge in [0.15, 0.2) is 0 Å². The molecule has 0 bridgehead atoms. The van der Waals surface area contributed by atoms with Crippen molar-refractivity contribution in [1.29, 1.82) is 0 Å². The van der Waals surface area contributed by atoms with Gasteiger partial charge in [0.1, 0.15) is 5.75 Å². The van der Waals surface area contributed by atoms with Gasteiger partial charge in [-0.2, -0.15) is 8.78 Å². The van der Waals surface area contributed by atoms with Gasteiger partial charge in [0.25, 0.3) is 5.91 Å². The minimum absolute atomic E-state index is 0.0388. The van der Waals surface area contributed by atoms with Crippen LogP contribution in [0.2, 0.25) is 0 Å². The molecule has 3 nitrogen and oxygen atoms in total. The molecule has 0 atom stereocenters. The fourth-order valence-corrected chi connectivity index (χ4v) is 2.20. The fourth-order valence-electron chi connectivity index (χ4n) is 2.20. The lowest BCUT2D eigenvalue weighted by Gasteiger charge is -2.13. The quantitative estimate of drug-likeness (QED) is 0.888. The van der Waals surface area contributed by atoms with Gasteiger partial charge in [-0.25, -0.2) is 0 Å². The Bertz CT molecular complexity index is 671. The van der Waals surface area contributed by atoms with E-state index < -0.39 is 6.61 Å². The van der Waals surface area contributed by atoms with Crippen LogP contribution in [0.3, 0.4) is 0 Å². The van der Waals surface area contributed by atoms with Gasteiger partial charge in [-0.1, -0.05) is 31.2 Å². The number of benzene rings is 2. The van der Waals surface area contributed by atoms with Crippen LogP contribution >= 0.6 is 0 Å². The summed E-state index contributed by atoms with van der Waals surface area (Å²) in [5.74, 6) is -0.396. The molecule has 0 aromatic heterocycles. The van der Waals surface area contributed by atoms with E-state index in [4.69, 9.17) is 0 Å². The first kappa shape index (κ1) is 15.9. The molecule has 0 saturated carbocycles. The highest BCUT2D eigenvalue weighted by Crippen LogP contribution is 2.23. The zero-order valence-corrected chi connectivity index (χ0v) is 12.4. The van der Waals surface area contributed by atoms with Crippen LogP contribution < -0.4 is 10.1 Å². The highest BCUT2D eigenvalue weighted by molar-refractivity contribution is 6.05. The zero-order valence-electron chi connectivity index (χ0n) is 12.4. The number of carbonyl (C=O) groups is 1. The SMILES string of the molecule is CCc1cccc(C)c1NC(=O)c1cccc(OC(F)F)c1. The van der Waals surface area contributed by atoms with Gasteiger partial charge < -0.3 is 10.1 Å². The predicted molar refractivity (Wildman–Crippen MR) is 81.6 cm³/mol. The van der Waals surface area contributed by atoms with E-state index >= 15 is 0 Å². The van der Waals surface area contributed by atoms with E-state index in [1.165, 1.54) is 18.2 Å². The van der Waals surface area contributed by atoms with Crippen molar-refractivity contribution in [2.75, 3.05) is 5.32 Å². The Hall–Kier alpha value is -2.43. The summed E-state index contributed by atoms with van der Waals surface area (Å²) in [6, 6.07) is 11.5. The second-order valence-corrected chi connectivity index (χ2v) is 4.82. The molecule has 0 radical (unpaired) electrons. The summed E-state index contributed by atoms with van der Waals surface area (Å²) in [5, 5.41) is 2.84. The van der Waals surface area contributed by atoms with Gasteiger partial charge in [0.2, 0.25) is 0 Å². The second kappa shape index (κ2) is 7.02. The lowest BCUT2D eigenvalue weighted by Crippen LogP contribution is -2.14. The summed E-state index contributed by atoms with van der Waals surface area (Å²) >= 11 is 0. The molecular formula is C17H17F2NO2. The third-order valence-electron chi connectivity index (χ3n) is 3.30. The molecule has 2 aromatic rings. The number of alkyl halides is 2. The van der Waals surface area contributed by atoms with E-state index in [-0.39, 0.29) is 17.2 Å². The van der Waals surface area contributed by atoms with Crippen molar-refractivity contribution in [1.82, 2.24) is 0 Å². The van der Waals surface area contributed by atoms with Gasteiger partial charge in [-0.3, -0.25) is 4.79 Å². The maximum Gasteiger partial charge on any atom is 0.387 e. The van der Waals surface area contributed by atoms with Crippen molar-refractivity contribution in [3.63, 3.8) is 0 Å². The highest BCUT2D eigenvalue weighted by atomic mass is 19.3. The zero-order chi connectivity index (χ0) is 16.1. The van der Waals surface area contributed by atoms with Crippen LogP contribution in [0.25, 0.3) is 0 Å². The lowest BCUT2D eigenvalue weighted by atomic mass is 10.1. The highest BCUT2D eigenvalue weighted by Gasteiger charge is 2.12. The number of hydrogen-bond donors (Lipinski definition) is 1. The van der Waals surface area contributed by atoms with Crippen molar-refractivity contribution in [3.8, 4) is 5.75 Å². The molecule has 116 valence electrons. The van der Waals surface area contributed by atoms with Crippen LogP contribution in [0.1, 0.15) is 28.4 Å². The number of hydrogen-bond acceptors (Lipinski definition) is 2. The summed E-state index contributed by atoms with van der Waals surface area (Å²) in [6.45, 7) is 0.994. The Morgan fingerprint density at radius 3 is 2.64 bits per heavy atom.